The highest BCUT2D eigenvalue weighted by atomic mass is 79.9. The van der Waals surface area contributed by atoms with Gasteiger partial charge in [-0.25, -0.2) is 0 Å². The smallest absolute Gasteiger partial charge is 0.0951 e. The van der Waals surface area contributed by atoms with Gasteiger partial charge < -0.3 is 9.84 Å². The van der Waals surface area contributed by atoms with Crippen LogP contribution in [0, 0.1) is 0 Å². The van der Waals surface area contributed by atoms with Gasteiger partial charge in [0.05, 0.1) is 5.60 Å². The van der Waals surface area contributed by atoms with E-state index in [-0.39, 0.29) is 0 Å². The largest absolute Gasteiger partial charge is 0.385 e. The summed E-state index contributed by atoms with van der Waals surface area (Å²) in [4.78, 5) is 0. The maximum absolute atomic E-state index is 10.5. The molecule has 0 amide bonds. The fourth-order valence-corrected chi connectivity index (χ4v) is 2.90. The van der Waals surface area contributed by atoms with Crippen molar-refractivity contribution in [2.24, 2.45) is 0 Å². The lowest BCUT2D eigenvalue weighted by Crippen LogP contribution is -2.33. The summed E-state index contributed by atoms with van der Waals surface area (Å²) in [5.74, 6) is 0. The fraction of sp³-hybridized carbons (Fsp3) is 0.455. The minimum Gasteiger partial charge on any atom is -0.385 e. The van der Waals surface area contributed by atoms with Crippen LogP contribution in [0.3, 0.4) is 0 Å². The number of benzene rings is 1. The van der Waals surface area contributed by atoms with E-state index >= 15 is 0 Å². The van der Waals surface area contributed by atoms with Crippen LogP contribution in [0.2, 0.25) is 5.02 Å². The molecule has 1 heterocycles. The van der Waals surface area contributed by atoms with Gasteiger partial charge >= 0.3 is 0 Å². The average Bonchev–Trinajstić information content (AvgIpc) is 2.18. The molecule has 0 unspecified atom stereocenters. The number of halogens is 2. The third kappa shape index (κ3) is 2.36. The van der Waals surface area contributed by atoms with Crippen LogP contribution < -0.4 is 0 Å². The van der Waals surface area contributed by atoms with Gasteiger partial charge in [-0.3, -0.25) is 0 Å². The standard InChI is InChI=1S/C11H12BrClO2/c12-10-7-8(13)1-2-9(10)11(14)3-5-15-6-4-11/h1-2,7,14H,3-6H2. The SMILES string of the molecule is OC1(c2ccc(Cl)cc2Br)CCOCC1. The van der Waals surface area contributed by atoms with Crippen LogP contribution in [0.4, 0.5) is 0 Å². The van der Waals surface area contributed by atoms with Gasteiger partial charge in [0.1, 0.15) is 0 Å². The van der Waals surface area contributed by atoms with Crippen molar-refractivity contribution in [1.82, 2.24) is 0 Å². The first-order valence-electron chi connectivity index (χ1n) is 4.87. The highest BCUT2D eigenvalue weighted by Gasteiger charge is 2.33. The summed E-state index contributed by atoms with van der Waals surface area (Å²) in [5, 5.41) is 11.1. The van der Waals surface area contributed by atoms with Crippen molar-refractivity contribution in [2.75, 3.05) is 13.2 Å². The minimum atomic E-state index is -0.776. The maximum Gasteiger partial charge on any atom is 0.0951 e. The summed E-state index contributed by atoms with van der Waals surface area (Å²) >= 11 is 9.30. The van der Waals surface area contributed by atoms with Crippen LogP contribution in [-0.2, 0) is 10.3 Å². The normalized spacial score (nSPS) is 20.2. The van der Waals surface area contributed by atoms with E-state index in [9.17, 15) is 5.11 Å². The summed E-state index contributed by atoms with van der Waals surface area (Å²) in [7, 11) is 0. The molecule has 1 N–H and O–H groups in total. The third-order valence-corrected chi connectivity index (χ3v) is 3.64. The summed E-state index contributed by atoms with van der Waals surface area (Å²) in [6.07, 6.45) is 1.26. The number of hydrogen-bond acceptors (Lipinski definition) is 2. The molecule has 0 radical (unpaired) electrons. The van der Waals surface area contributed by atoms with E-state index in [0.717, 1.165) is 10.0 Å². The number of aliphatic hydroxyl groups is 1. The molecule has 0 atom stereocenters. The van der Waals surface area contributed by atoms with Crippen molar-refractivity contribution >= 4 is 27.5 Å². The molecule has 1 fully saturated rings. The highest BCUT2D eigenvalue weighted by Crippen LogP contribution is 2.37. The zero-order valence-electron chi connectivity index (χ0n) is 8.17. The van der Waals surface area contributed by atoms with E-state index in [1.54, 1.807) is 6.07 Å². The lowest BCUT2D eigenvalue weighted by Gasteiger charge is -2.33. The van der Waals surface area contributed by atoms with Gasteiger partial charge in [-0.1, -0.05) is 33.6 Å². The van der Waals surface area contributed by atoms with Gasteiger partial charge in [0, 0.05) is 35.6 Å². The first kappa shape index (κ1) is 11.4. The summed E-state index contributed by atoms with van der Waals surface area (Å²) < 4.78 is 6.11. The molecule has 2 nitrogen and oxygen atoms in total. The van der Waals surface area contributed by atoms with Crippen molar-refractivity contribution in [1.29, 1.82) is 0 Å². The number of rotatable bonds is 1. The second kappa shape index (κ2) is 4.42. The lowest BCUT2D eigenvalue weighted by atomic mass is 9.86. The van der Waals surface area contributed by atoms with Crippen molar-refractivity contribution in [3.05, 3.63) is 33.3 Å². The molecule has 15 heavy (non-hydrogen) atoms. The van der Waals surface area contributed by atoms with Gasteiger partial charge in [0.25, 0.3) is 0 Å². The molecule has 1 aliphatic rings. The van der Waals surface area contributed by atoms with E-state index in [0.29, 0.717) is 31.1 Å². The molecule has 0 bridgehead atoms. The molecule has 1 aromatic rings. The third-order valence-electron chi connectivity index (χ3n) is 2.75. The van der Waals surface area contributed by atoms with Crippen LogP contribution in [0.25, 0.3) is 0 Å². The van der Waals surface area contributed by atoms with Crippen molar-refractivity contribution in [3.63, 3.8) is 0 Å². The van der Waals surface area contributed by atoms with Crippen LogP contribution in [0.1, 0.15) is 18.4 Å². The molecule has 82 valence electrons. The predicted octanol–water partition coefficient (Wildman–Crippen LogP) is 3.10. The van der Waals surface area contributed by atoms with Crippen molar-refractivity contribution in [2.45, 2.75) is 18.4 Å². The Bertz CT molecular complexity index is 362. The monoisotopic (exact) mass is 290 g/mol. The minimum absolute atomic E-state index is 0.603. The molecule has 1 aliphatic heterocycles. The van der Waals surface area contributed by atoms with Crippen LogP contribution >= 0.6 is 27.5 Å². The average molecular weight is 292 g/mol. The Morgan fingerprint density at radius 3 is 2.60 bits per heavy atom. The van der Waals surface area contributed by atoms with Gasteiger partial charge in [-0.2, -0.15) is 0 Å². The summed E-state index contributed by atoms with van der Waals surface area (Å²) in [6.45, 7) is 1.21. The molecular formula is C11H12BrClO2. The zero-order valence-corrected chi connectivity index (χ0v) is 10.5. The van der Waals surface area contributed by atoms with Gasteiger partial charge in [0.15, 0.2) is 0 Å². The van der Waals surface area contributed by atoms with E-state index in [4.69, 9.17) is 16.3 Å². The maximum atomic E-state index is 10.5. The fourth-order valence-electron chi connectivity index (χ4n) is 1.85. The molecule has 4 heteroatoms. The zero-order chi connectivity index (χ0) is 10.9. The van der Waals surface area contributed by atoms with Crippen molar-refractivity contribution < 1.29 is 9.84 Å². The van der Waals surface area contributed by atoms with Gasteiger partial charge in [0.2, 0.25) is 0 Å². The Hall–Kier alpha value is -0.0900. The van der Waals surface area contributed by atoms with E-state index in [1.807, 2.05) is 12.1 Å². The molecule has 0 spiro atoms. The molecule has 0 aromatic heterocycles. The Balaban J connectivity index is 2.35. The van der Waals surface area contributed by atoms with Crippen LogP contribution in [0.15, 0.2) is 22.7 Å². The van der Waals surface area contributed by atoms with E-state index in [1.165, 1.54) is 0 Å². The van der Waals surface area contributed by atoms with Gasteiger partial charge in [-0.05, 0) is 17.7 Å². The molecule has 2 rings (SSSR count). The van der Waals surface area contributed by atoms with Crippen LogP contribution in [0.5, 0.6) is 0 Å². The van der Waals surface area contributed by atoms with Crippen LogP contribution in [-0.4, -0.2) is 18.3 Å². The second-order valence-electron chi connectivity index (χ2n) is 3.77. The van der Waals surface area contributed by atoms with Crippen molar-refractivity contribution in [3.8, 4) is 0 Å². The second-order valence-corrected chi connectivity index (χ2v) is 5.06. The molecular weight excluding hydrogens is 279 g/mol. The Morgan fingerprint density at radius 2 is 2.00 bits per heavy atom. The quantitative estimate of drug-likeness (QED) is 0.861. The highest BCUT2D eigenvalue weighted by molar-refractivity contribution is 9.10. The summed E-state index contributed by atoms with van der Waals surface area (Å²) in [5.41, 5.74) is 0.122. The van der Waals surface area contributed by atoms with E-state index in [2.05, 4.69) is 15.9 Å². The molecule has 1 saturated heterocycles. The first-order chi connectivity index (χ1) is 7.12. The predicted molar refractivity (Wildman–Crippen MR) is 63.1 cm³/mol. The molecule has 0 aliphatic carbocycles. The Labute approximate surface area is 102 Å². The molecule has 1 aromatic carbocycles. The Kier molecular flexibility index (Phi) is 3.36. The van der Waals surface area contributed by atoms with Gasteiger partial charge in [-0.15, -0.1) is 0 Å². The van der Waals surface area contributed by atoms with E-state index < -0.39 is 5.60 Å². The summed E-state index contributed by atoms with van der Waals surface area (Å²) in [6, 6.07) is 5.48. The lowest BCUT2D eigenvalue weighted by molar-refractivity contribution is -0.0683. The first-order valence-corrected chi connectivity index (χ1v) is 6.05. The molecule has 0 saturated carbocycles. The number of ether oxygens (including phenoxy) is 1. The number of hydrogen-bond donors (Lipinski definition) is 1. The topological polar surface area (TPSA) is 29.5 Å². The Morgan fingerprint density at radius 1 is 1.33 bits per heavy atom.